The minimum atomic E-state index is -0.448. The van der Waals surface area contributed by atoms with Crippen molar-refractivity contribution in [3.63, 3.8) is 0 Å². The van der Waals surface area contributed by atoms with Crippen LogP contribution in [0.4, 0.5) is 0 Å². The Kier molecular flexibility index (Phi) is 5.25. The van der Waals surface area contributed by atoms with Crippen LogP contribution in [0.5, 0.6) is 11.5 Å². The molecule has 35 heavy (non-hydrogen) atoms. The third-order valence-corrected chi connectivity index (χ3v) is 7.88. The van der Waals surface area contributed by atoms with E-state index in [4.69, 9.17) is 9.47 Å². The summed E-state index contributed by atoms with van der Waals surface area (Å²) in [5, 5.41) is 5.46. The Morgan fingerprint density at radius 2 is 1.43 bits per heavy atom. The lowest BCUT2D eigenvalue weighted by Crippen LogP contribution is -2.41. The van der Waals surface area contributed by atoms with E-state index in [1.807, 2.05) is 37.3 Å². The van der Waals surface area contributed by atoms with Gasteiger partial charge in [-0.2, -0.15) is 10.1 Å². The summed E-state index contributed by atoms with van der Waals surface area (Å²) >= 11 is 3.51. The maximum Gasteiger partial charge on any atom is 0.254 e. The molecule has 0 saturated carbocycles. The Bertz CT molecular complexity index is 1290. The standard InChI is InChI=1S/C28H23BrN2O4/c1-3-35-26-20(29)12-15(13-21(26)34-2)14-30-31-27(32)24-22-16-8-4-5-9-17(16)23(25(24)28(31)33)19-11-7-6-10-18(19)22/h4-14,22-25H,3H2,1-2H3/b30-14-/t22?,23?,24-,25-/m1/s1. The number of carbonyl (C=O) groups excluding carboxylic acids is 2. The molecule has 1 fully saturated rings. The summed E-state index contributed by atoms with van der Waals surface area (Å²) in [6.07, 6.45) is 1.53. The summed E-state index contributed by atoms with van der Waals surface area (Å²) in [5.74, 6) is -0.535. The predicted octanol–water partition coefficient (Wildman–Crippen LogP) is 5.08. The van der Waals surface area contributed by atoms with E-state index in [1.165, 1.54) is 6.21 Å². The first-order chi connectivity index (χ1) is 17.0. The van der Waals surface area contributed by atoms with E-state index in [0.717, 1.165) is 27.3 Å². The molecule has 176 valence electrons. The van der Waals surface area contributed by atoms with Gasteiger partial charge in [0.25, 0.3) is 11.8 Å². The molecule has 1 saturated heterocycles. The second-order valence-electron chi connectivity index (χ2n) is 8.96. The lowest BCUT2D eigenvalue weighted by atomic mass is 9.55. The molecule has 2 bridgehead atoms. The average Bonchev–Trinajstić information content (AvgIpc) is 3.14. The highest BCUT2D eigenvalue weighted by Crippen LogP contribution is 2.60. The highest BCUT2D eigenvalue weighted by Gasteiger charge is 2.61. The van der Waals surface area contributed by atoms with Gasteiger partial charge < -0.3 is 9.47 Å². The molecule has 7 rings (SSSR count). The maximum atomic E-state index is 13.6. The molecule has 6 nitrogen and oxygen atoms in total. The molecule has 0 unspecified atom stereocenters. The molecule has 0 aromatic heterocycles. The monoisotopic (exact) mass is 530 g/mol. The van der Waals surface area contributed by atoms with Crippen LogP contribution in [0.15, 0.2) is 70.2 Å². The molecule has 4 aliphatic rings. The summed E-state index contributed by atoms with van der Waals surface area (Å²) in [6.45, 7) is 2.39. The second kappa shape index (κ2) is 8.34. The molecule has 3 aromatic carbocycles. The fraction of sp³-hybridized carbons (Fsp3) is 0.250. The van der Waals surface area contributed by atoms with Gasteiger partial charge in [0, 0.05) is 11.8 Å². The van der Waals surface area contributed by atoms with Crippen LogP contribution in [0.2, 0.25) is 0 Å². The predicted molar refractivity (Wildman–Crippen MR) is 135 cm³/mol. The number of nitrogens with zero attached hydrogens (tertiary/aromatic N) is 2. The Morgan fingerprint density at radius 1 is 0.914 bits per heavy atom. The van der Waals surface area contributed by atoms with E-state index in [1.54, 1.807) is 13.2 Å². The van der Waals surface area contributed by atoms with Crippen molar-refractivity contribution in [2.45, 2.75) is 18.8 Å². The first kappa shape index (κ1) is 22.0. The number of carbonyl (C=O) groups is 2. The van der Waals surface area contributed by atoms with Gasteiger partial charge in [-0.3, -0.25) is 9.59 Å². The van der Waals surface area contributed by atoms with Gasteiger partial charge in [0.2, 0.25) is 0 Å². The smallest absolute Gasteiger partial charge is 0.254 e. The normalized spacial score (nSPS) is 23.9. The molecule has 1 aliphatic heterocycles. The summed E-state index contributed by atoms with van der Waals surface area (Å²) in [4.78, 5) is 27.3. The SMILES string of the molecule is CCOc1c(Br)cc(/C=N\N2C(=O)[C@@H]3C4c5ccccc5C(c5ccccc54)[C@H]3C2=O)cc1OC. The van der Waals surface area contributed by atoms with Gasteiger partial charge >= 0.3 is 0 Å². The molecule has 2 amide bonds. The van der Waals surface area contributed by atoms with Crippen molar-refractivity contribution >= 4 is 34.0 Å². The first-order valence-corrected chi connectivity index (χ1v) is 12.4. The second-order valence-corrected chi connectivity index (χ2v) is 9.82. The van der Waals surface area contributed by atoms with Gasteiger partial charge in [-0.1, -0.05) is 48.5 Å². The van der Waals surface area contributed by atoms with E-state index in [0.29, 0.717) is 28.1 Å². The third-order valence-electron chi connectivity index (χ3n) is 7.29. The molecule has 0 N–H and O–H groups in total. The number of methoxy groups -OCH3 is 1. The summed E-state index contributed by atoms with van der Waals surface area (Å²) in [7, 11) is 1.56. The van der Waals surface area contributed by atoms with Crippen LogP contribution in [0, 0.1) is 11.8 Å². The van der Waals surface area contributed by atoms with Crippen LogP contribution < -0.4 is 9.47 Å². The number of amides is 2. The minimum Gasteiger partial charge on any atom is -0.493 e. The van der Waals surface area contributed by atoms with Crippen molar-refractivity contribution in [3.8, 4) is 11.5 Å². The Labute approximate surface area is 211 Å². The summed E-state index contributed by atoms with van der Waals surface area (Å²) in [5.41, 5.74) is 5.26. The van der Waals surface area contributed by atoms with Crippen molar-refractivity contribution in [1.82, 2.24) is 5.01 Å². The van der Waals surface area contributed by atoms with Crippen molar-refractivity contribution in [1.29, 1.82) is 0 Å². The van der Waals surface area contributed by atoms with Gasteiger partial charge in [0.05, 0.1) is 36.2 Å². The molecule has 3 aromatic rings. The molecule has 0 radical (unpaired) electrons. The molecule has 7 heteroatoms. The molecule has 0 spiro atoms. The highest BCUT2D eigenvalue weighted by atomic mass is 79.9. The fourth-order valence-corrected chi connectivity index (χ4v) is 6.57. The molecular weight excluding hydrogens is 508 g/mol. The van der Waals surface area contributed by atoms with E-state index >= 15 is 0 Å². The highest BCUT2D eigenvalue weighted by molar-refractivity contribution is 9.10. The zero-order valence-corrected chi connectivity index (χ0v) is 20.9. The zero-order chi connectivity index (χ0) is 24.3. The maximum absolute atomic E-state index is 13.6. The Balaban J connectivity index is 1.38. The van der Waals surface area contributed by atoms with Gasteiger partial charge in [-0.05, 0) is 62.8 Å². The number of hydrazone groups is 1. The van der Waals surface area contributed by atoms with Crippen molar-refractivity contribution in [3.05, 3.63) is 93.0 Å². The Hall–Kier alpha value is -3.45. The zero-order valence-electron chi connectivity index (χ0n) is 19.3. The van der Waals surface area contributed by atoms with E-state index in [2.05, 4.69) is 45.3 Å². The van der Waals surface area contributed by atoms with Crippen molar-refractivity contribution < 1.29 is 19.1 Å². The van der Waals surface area contributed by atoms with Gasteiger partial charge in [0.1, 0.15) is 0 Å². The third kappa shape index (κ3) is 3.18. The number of halogens is 1. The number of ether oxygens (including phenoxy) is 2. The Morgan fingerprint density at radius 3 is 1.89 bits per heavy atom. The minimum absolute atomic E-state index is 0.145. The van der Waals surface area contributed by atoms with Crippen molar-refractivity contribution in [2.24, 2.45) is 16.9 Å². The molecule has 1 heterocycles. The average molecular weight is 531 g/mol. The number of hydrogen-bond donors (Lipinski definition) is 0. The van der Waals surface area contributed by atoms with E-state index < -0.39 is 11.8 Å². The van der Waals surface area contributed by atoms with Crippen LogP contribution in [-0.2, 0) is 9.59 Å². The quantitative estimate of drug-likeness (QED) is 0.340. The molecule has 3 aliphatic carbocycles. The largest absolute Gasteiger partial charge is 0.493 e. The topological polar surface area (TPSA) is 68.2 Å². The van der Waals surface area contributed by atoms with Gasteiger partial charge in [-0.15, -0.1) is 0 Å². The van der Waals surface area contributed by atoms with Gasteiger partial charge in [-0.25, -0.2) is 0 Å². The van der Waals surface area contributed by atoms with Crippen LogP contribution in [-0.4, -0.2) is 36.8 Å². The molecule has 2 atom stereocenters. The number of benzene rings is 3. The van der Waals surface area contributed by atoms with Crippen LogP contribution in [0.1, 0.15) is 46.6 Å². The molecular formula is C28H23BrN2O4. The fourth-order valence-electron chi connectivity index (χ4n) is 6.00. The first-order valence-electron chi connectivity index (χ1n) is 11.6. The number of imide groups is 1. The van der Waals surface area contributed by atoms with Crippen molar-refractivity contribution in [2.75, 3.05) is 13.7 Å². The number of rotatable bonds is 5. The van der Waals surface area contributed by atoms with Gasteiger partial charge in [0.15, 0.2) is 11.5 Å². The lowest BCUT2D eigenvalue weighted by Gasteiger charge is -2.45. The van der Waals surface area contributed by atoms with Crippen LogP contribution >= 0.6 is 15.9 Å². The lowest BCUT2D eigenvalue weighted by molar-refractivity contribution is -0.139. The van der Waals surface area contributed by atoms with E-state index in [9.17, 15) is 9.59 Å². The van der Waals surface area contributed by atoms with Crippen LogP contribution in [0.3, 0.4) is 0 Å². The van der Waals surface area contributed by atoms with E-state index in [-0.39, 0.29) is 23.7 Å². The summed E-state index contributed by atoms with van der Waals surface area (Å²) < 4.78 is 11.8. The summed E-state index contributed by atoms with van der Waals surface area (Å²) in [6, 6.07) is 20.0. The van der Waals surface area contributed by atoms with Crippen LogP contribution in [0.25, 0.3) is 0 Å². The number of hydrogen-bond acceptors (Lipinski definition) is 5.